The number of imidazole rings is 1. The first-order valence-corrected chi connectivity index (χ1v) is 9.87. The van der Waals surface area contributed by atoms with Crippen LogP contribution >= 0.6 is 0 Å². The molecule has 152 valence electrons. The molecule has 1 aliphatic rings. The van der Waals surface area contributed by atoms with Crippen LogP contribution < -0.4 is 4.90 Å². The number of benzene rings is 2. The van der Waals surface area contributed by atoms with E-state index in [1.807, 2.05) is 30.3 Å². The predicted molar refractivity (Wildman–Crippen MR) is 111 cm³/mol. The molecule has 2 aromatic heterocycles. The second kappa shape index (κ2) is 7.16. The molecule has 0 saturated carbocycles. The van der Waals surface area contributed by atoms with Gasteiger partial charge in [-0.2, -0.15) is 13.2 Å². The zero-order valence-corrected chi connectivity index (χ0v) is 16.1. The number of rotatable bonds is 3. The number of alkyl halides is 3. The summed E-state index contributed by atoms with van der Waals surface area (Å²) < 4.78 is 39.1. The van der Waals surface area contributed by atoms with Crippen molar-refractivity contribution in [3.05, 3.63) is 66.4 Å². The molecule has 1 saturated heterocycles. The third-order valence-corrected chi connectivity index (χ3v) is 5.49. The van der Waals surface area contributed by atoms with E-state index in [0.29, 0.717) is 11.4 Å². The number of H-pyrrole nitrogens is 1. The number of pyridine rings is 1. The molecule has 0 amide bonds. The third-order valence-electron chi connectivity index (χ3n) is 5.49. The molecule has 0 unspecified atom stereocenters. The molecule has 0 radical (unpaired) electrons. The van der Waals surface area contributed by atoms with Crippen LogP contribution in [-0.4, -0.2) is 28.0 Å². The molecule has 5 rings (SSSR count). The van der Waals surface area contributed by atoms with Gasteiger partial charge in [0, 0.05) is 19.3 Å². The van der Waals surface area contributed by atoms with E-state index in [4.69, 9.17) is 4.98 Å². The van der Waals surface area contributed by atoms with Gasteiger partial charge in [0.25, 0.3) is 0 Å². The smallest absolute Gasteiger partial charge is 0.356 e. The van der Waals surface area contributed by atoms with Crippen LogP contribution in [0.15, 0.2) is 60.8 Å². The summed E-state index contributed by atoms with van der Waals surface area (Å²) in [7, 11) is 0. The van der Waals surface area contributed by atoms with Crippen LogP contribution in [0.5, 0.6) is 0 Å². The topological polar surface area (TPSA) is 44.8 Å². The first-order chi connectivity index (χ1) is 14.5. The number of anilines is 1. The SMILES string of the molecule is FC(F)(F)c1ccc(-c2ccnc(N3CCCC3)c2-c2nc3ccccc3[nH]2)cc1. The largest absolute Gasteiger partial charge is 0.416 e. The molecule has 30 heavy (non-hydrogen) atoms. The fourth-order valence-corrected chi connectivity index (χ4v) is 4.00. The number of hydrogen-bond donors (Lipinski definition) is 1. The predicted octanol–water partition coefficient (Wildman–Crippen LogP) is 5.91. The average molecular weight is 408 g/mol. The zero-order chi connectivity index (χ0) is 20.7. The van der Waals surface area contributed by atoms with Crippen LogP contribution in [0.3, 0.4) is 0 Å². The van der Waals surface area contributed by atoms with Crippen LogP contribution in [0.1, 0.15) is 18.4 Å². The molecular weight excluding hydrogens is 389 g/mol. The Bertz CT molecular complexity index is 1160. The van der Waals surface area contributed by atoms with Gasteiger partial charge in [0.1, 0.15) is 11.6 Å². The summed E-state index contributed by atoms with van der Waals surface area (Å²) >= 11 is 0. The van der Waals surface area contributed by atoms with Crippen LogP contribution in [0.4, 0.5) is 19.0 Å². The van der Waals surface area contributed by atoms with E-state index in [9.17, 15) is 13.2 Å². The molecule has 3 heterocycles. The van der Waals surface area contributed by atoms with Crippen molar-refractivity contribution >= 4 is 16.9 Å². The first-order valence-electron chi connectivity index (χ1n) is 9.87. The number of aromatic nitrogens is 3. The quantitative estimate of drug-likeness (QED) is 0.458. The monoisotopic (exact) mass is 408 g/mol. The maximum Gasteiger partial charge on any atom is 0.416 e. The highest BCUT2D eigenvalue weighted by atomic mass is 19.4. The number of hydrogen-bond acceptors (Lipinski definition) is 3. The van der Waals surface area contributed by atoms with Crippen molar-refractivity contribution in [3.8, 4) is 22.5 Å². The highest BCUT2D eigenvalue weighted by molar-refractivity contribution is 5.91. The summed E-state index contributed by atoms with van der Waals surface area (Å²) in [5, 5.41) is 0. The molecular formula is C23H19F3N4. The Balaban J connectivity index is 1.70. The van der Waals surface area contributed by atoms with Crippen molar-refractivity contribution in [1.82, 2.24) is 15.0 Å². The van der Waals surface area contributed by atoms with Crippen molar-refractivity contribution in [2.45, 2.75) is 19.0 Å². The second-order valence-electron chi connectivity index (χ2n) is 7.43. The lowest BCUT2D eigenvalue weighted by molar-refractivity contribution is -0.137. The number of aromatic amines is 1. The second-order valence-corrected chi connectivity index (χ2v) is 7.43. The Morgan fingerprint density at radius 3 is 2.33 bits per heavy atom. The lowest BCUT2D eigenvalue weighted by Gasteiger charge is -2.21. The van der Waals surface area contributed by atoms with E-state index in [1.165, 1.54) is 12.1 Å². The van der Waals surface area contributed by atoms with Gasteiger partial charge in [-0.25, -0.2) is 9.97 Å². The molecule has 0 aliphatic carbocycles. The average Bonchev–Trinajstić information content (AvgIpc) is 3.42. The summed E-state index contributed by atoms with van der Waals surface area (Å²) in [5.41, 5.74) is 3.39. The van der Waals surface area contributed by atoms with Gasteiger partial charge in [-0.1, -0.05) is 24.3 Å². The molecule has 7 heteroatoms. The van der Waals surface area contributed by atoms with Gasteiger partial charge >= 0.3 is 6.18 Å². The Morgan fingerprint density at radius 1 is 0.900 bits per heavy atom. The van der Waals surface area contributed by atoms with Gasteiger partial charge in [-0.3, -0.25) is 0 Å². The highest BCUT2D eigenvalue weighted by Crippen LogP contribution is 2.39. The van der Waals surface area contributed by atoms with Crippen LogP contribution in [0, 0.1) is 0 Å². The van der Waals surface area contributed by atoms with Gasteiger partial charge in [-0.15, -0.1) is 0 Å². The lowest BCUT2D eigenvalue weighted by Crippen LogP contribution is -2.20. The molecule has 4 nitrogen and oxygen atoms in total. The number of fused-ring (bicyclic) bond motifs is 1. The first kappa shape index (κ1) is 18.7. The molecule has 1 fully saturated rings. The maximum absolute atomic E-state index is 13.0. The fourth-order valence-electron chi connectivity index (χ4n) is 4.00. The maximum atomic E-state index is 13.0. The third kappa shape index (κ3) is 3.30. The molecule has 0 atom stereocenters. The number of nitrogens with one attached hydrogen (secondary N) is 1. The van der Waals surface area contributed by atoms with Gasteiger partial charge < -0.3 is 9.88 Å². The summed E-state index contributed by atoms with van der Waals surface area (Å²) in [6.45, 7) is 1.80. The van der Waals surface area contributed by atoms with Crippen molar-refractivity contribution in [1.29, 1.82) is 0 Å². The van der Waals surface area contributed by atoms with E-state index in [1.54, 1.807) is 6.20 Å². The number of halogens is 3. The summed E-state index contributed by atoms with van der Waals surface area (Å²) in [6.07, 6.45) is -0.469. The van der Waals surface area contributed by atoms with Gasteiger partial charge in [-0.05, 0) is 54.3 Å². The van der Waals surface area contributed by atoms with E-state index in [0.717, 1.165) is 66.0 Å². The molecule has 0 bridgehead atoms. The van der Waals surface area contributed by atoms with Gasteiger partial charge in [0.15, 0.2) is 0 Å². The van der Waals surface area contributed by atoms with E-state index < -0.39 is 11.7 Å². The summed E-state index contributed by atoms with van der Waals surface area (Å²) in [5.74, 6) is 1.48. The number of para-hydroxylation sites is 2. The van der Waals surface area contributed by atoms with Crippen molar-refractivity contribution in [2.75, 3.05) is 18.0 Å². The van der Waals surface area contributed by atoms with E-state index in [-0.39, 0.29) is 0 Å². The molecule has 4 aromatic rings. The van der Waals surface area contributed by atoms with Crippen molar-refractivity contribution < 1.29 is 13.2 Å². The standard InChI is InChI=1S/C23H19F3N4/c24-23(25,26)16-9-7-15(8-10-16)17-11-12-27-22(30-13-3-4-14-30)20(17)21-28-18-5-1-2-6-19(18)29-21/h1-2,5-12H,3-4,13-14H2,(H,28,29). The lowest BCUT2D eigenvalue weighted by atomic mass is 9.98. The Morgan fingerprint density at radius 2 is 1.63 bits per heavy atom. The van der Waals surface area contributed by atoms with Crippen molar-refractivity contribution in [3.63, 3.8) is 0 Å². The van der Waals surface area contributed by atoms with Gasteiger partial charge in [0.05, 0.1) is 22.2 Å². The molecule has 0 spiro atoms. The molecule has 2 aromatic carbocycles. The minimum atomic E-state index is -4.36. The normalized spacial score (nSPS) is 14.6. The fraction of sp³-hybridized carbons (Fsp3) is 0.217. The minimum absolute atomic E-state index is 0.662. The van der Waals surface area contributed by atoms with E-state index >= 15 is 0 Å². The minimum Gasteiger partial charge on any atom is -0.356 e. The van der Waals surface area contributed by atoms with Crippen LogP contribution in [-0.2, 0) is 6.18 Å². The van der Waals surface area contributed by atoms with Crippen LogP contribution in [0.25, 0.3) is 33.5 Å². The van der Waals surface area contributed by atoms with E-state index in [2.05, 4.69) is 14.9 Å². The Hall–Kier alpha value is -3.35. The van der Waals surface area contributed by atoms with Crippen LogP contribution in [0.2, 0.25) is 0 Å². The highest BCUT2D eigenvalue weighted by Gasteiger charge is 2.30. The summed E-state index contributed by atoms with van der Waals surface area (Å²) in [4.78, 5) is 15.0. The molecule has 1 N–H and O–H groups in total. The van der Waals surface area contributed by atoms with Gasteiger partial charge in [0.2, 0.25) is 0 Å². The molecule has 1 aliphatic heterocycles. The Kier molecular flexibility index (Phi) is 4.46. The zero-order valence-electron chi connectivity index (χ0n) is 16.1. The number of nitrogens with zero attached hydrogens (tertiary/aromatic N) is 3. The Labute approximate surface area is 171 Å². The van der Waals surface area contributed by atoms with Crippen molar-refractivity contribution in [2.24, 2.45) is 0 Å². The summed E-state index contributed by atoms with van der Waals surface area (Å²) in [6, 6.07) is 14.8.